The molecule has 17 nitrogen and oxygen atoms in total. The molecule has 0 spiro atoms. The summed E-state index contributed by atoms with van der Waals surface area (Å²) >= 11 is 0. The SMILES string of the molecule is C=C(C)C(=O)Nc1ccc(-c2cn3ncnc(N)c3c2-c2ccc(C(=O)N(C=C(C)C(=O)Nc3ccc(-c4cn5ncnc(N)c5c4-c4ccc(C(=O)O)cc4)cc3)CC(C)(C)O)cc2)cc1. The van der Waals surface area contributed by atoms with Gasteiger partial charge in [0.05, 0.1) is 17.7 Å². The summed E-state index contributed by atoms with van der Waals surface area (Å²) < 4.78 is 3.25. The molecule has 0 bridgehead atoms. The number of nitrogens with one attached hydrogen (secondary N) is 2. The third-order valence-electron chi connectivity index (χ3n) is 10.9. The number of rotatable bonds is 13. The number of fused-ring (bicyclic) bond motifs is 2. The van der Waals surface area contributed by atoms with Gasteiger partial charge in [0, 0.05) is 68.9 Å². The van der Waals surface area contributed by atoms with Crippen molar-refractivity contribution in [2.24, 2.45) is 0 Å². The van der Waals surface area contributed by atoms with Gasteiger partial charge in [0.1, 0.15) is 23.7 Å². The van der Waals surface area contributed by atoms with Crippen LogP contribution in [0.1, 0.15) is 48.4 Å². The first kappa shape index (κ1) is 44.6. The number of nitrogen functional groups attached to an aromatic ring is 2. The summed E-state index contributed by atoms with van der Waals surface area (Å²) in [7, 11) is 0. The van der Waals surface area contributed by atoms with Crippen LogP contribution in [0.4, 0.5) is 23.0 Å². The zero-order valence-electron chi connectivity index (χ0n) is 36.9. The van der Waals surface area contributed by atoms with Crippen LogP contribution in [0.2, 0.25) is 0 Å². The number of anilines is 4. The van der Waals surface area contributed by atoms with Gasteiger partial charge in [-0.05, 0) is 98.5 Å². The quantitative estimate of drug-likeness (QED) is 0.0614. The van der Waals surface area contributed by atoms with Gasteiger partial charge in [0.15, 0.2) is 11.6 Å². The second-order valence-electron chi connectivity index (χ2n) is 16.6. The highest BCUT2D eigenvalue weighted by Gasteiger charge is 2.25. The lowest BCUT2D eigenvalue weighted by Gasteiger charge is -2.27. The monoisotopic (exact) mass is 895 g/mol. The van der Waals surface area contributed by atoms with Gasteiger partial charge in [0.2, 0.25) is 0 Å². The molecule has 0 radical (unpaired) electrons. The van der Waals surface area contributed by atoms with E-state index in [2.05, 4.69) is 37.4 Å². The van der Waals surface area contributed by atoms with Crippen molar-refractivity contribution in [3.8, 4) is 44.5 Å². The van der Waals surface area contributed by atoms with Gasteiger partial charge in [-0.3, -0.25) is 14.4 Å². The third-order valence-corrected chi connectivity index (χ3v) is 10.9. The number of carboxylic acid groups (broad SMARTS) is 1. The van der Waals surface area contributed by atoms with Gasteiger partial charge >= 0.3 is 5.97 Å². The lowest BCUT2D eigenvalue weighted by Crippen LogP contribution is -2.39. The van der Waals surface area contributed by atoms with Crippen LogP contribution in [-0.4, -0.2) is 80.1 Å². The van der Waals surface area contributed by atoms with E-state index in [-0.39, 0.29) is 35.2 Å². The van der Waals surface area contributed by atoms with Gasteiger partial charge in [-0.2, -0.15) is 10.2 Å². The fourth-order valence-corrected chi connectivity index (χ4v) is 7.64. The molecular formula is C50H45N11O6. The smallest absolute Gasteiger partial charge is 0.335 e. The third kappa shape index (κ3) is 9.34. The van der Waals surface area contributed by atoms with Crippen LogP contribution in [0.3, 0.4) is 0 Å². The van der Waals surface area contributed by atoms with Crippen molar-refractivity contribution in [3.05, 3.63) is 157 Å². The van der Waals surface area contributed by atoms with Gasteiger partial charge in [-0.1, -0.05) is 55.1 Å². The Balaban J connectivity index is 1.04. The molecule has 0 aliphatic rings. The van der Waals surface area contributed by atoms with Gasteiger partial charge < -0.3 is 37.2 Å². The van der Waals surface area contributed by atoms with Crippen LogP contribution >= 0.6 is 0 Å². The summed E-state index contributed by atoms with van der Waals surface area (Å²) in [4.78, 5) is 61.3. The van der Waals surface area contributed by atoms with Crippen molar-refractivity contribution in [2.45, 2.75) is 33.3 Å². The molecule has 8 N–H and O–H groups in total. The van der Waals surface area contributed by atoms with Crippen LogP contribution in [0.25, 0.3) is 55.5 Å². The van der Waals surface area contributed by atoms with Crippen molar-refractivity contribution in [1.82, 2.24) is 34.1 Å². The van der Waals surface area contributed by atoms with Crippen molar-refractivity contribution in [2.75, 3.05) is 28.6 Å². The molecule has 0 atom stereocenters. The number of carboxylic acids is 1. The molecular weight excluding hydrogens is 851 g/mol. The van der Waals surface area contributed by atoms with Crippen LogP contribution in [0, 0.1) is 0 Å². The molecule has 4 aromatic heterocycles. The molecule has 0 fully saturated rings. The summed E-state index contributed by atoms with van der Waals surface area (Å²) in [6.07, 6.45) is 7.76. The summed E-state index contributed by atoms with van der Waals surface area (Å²) in [5.74, 6) is -1.78. The average Bonchev–Trinajstić information content (AvgIpc) is 3.90. The zero-order valence-corrected chi connectivity index (χ0v) is 36.9. The molecule has 67 heavy (non-hydrogen) atoms. The van der Waals surface area contributed by atoms with Crippen LogP contribution in [0.5, 0.6) is 0 Å². The minimum atomic E-state index is -1.32. The van der Waals surface area contributed by atoms with Crippen molar-refractivity contribution in [3.63, 3.8) is 0 Å². The standard InChI is InChI=1S/C50H45N11O6/c1-28(2)46(62)57-36-18-14-30(15-19-36)38-23-60-42(44(51)53-26-55-60)40(38)32-6-10-34(11-7-32)48(64)59(25-50(4,5)67)22-29(3)47(63)58-37-20-16-31(17-21-37)39-24-61-43(45(52)54-27-56-61)41(39)33-8-12-35(13-9-33)49(65)66/h6-24,26-27,67H,1,25H2,2-5H3,(H,57,62)(H,58,63)(H,65,66)(H2,51,53,55)(H2,52,54,56). The van der Waals surface area contributed by atoms with Crippen LogP contribution < -0.4 is 22.1 Å². The minimum Gasteiger partial charge on any atom is -0.478 e. The second kappa shape index (κ2) is 17.9. The van der Waals surface area contributed by atoms with E-state index in [0.29, 0.717) is 44.7 Å². The number of nitrogens with zero attached hydrogens (tertiary/aromatic N) is 7. The van der Waals surface area contributed by atoms with E-state index in [1.165, 1.54) is 35.9 Å². The van der Waals surface area contributed by atoms with Gasteiger partial charge in [-0.25, -0.2) is 23.8 Å². The molecule has 0 aliphatic carbocycles. The maximum atomic E-state index is 14.2. The largest absolute Gasteiger partial charge is 0.478 e. The fraction of sp³-hybridized carbons (Fsp3) is 0.120. The van der Waals surface area contributed by atoms with Gasteiger partial charge in [-0.15, -0.1) is 0 Å². The highest BCUT2D eigenvalue weighted by Crippen LogP contribution is 2.40. The summed E-state index contributed by atoms with van der Waals surface area (Å²) in [5, 5.41) is 34.7. The Hall–Kier alpha value is -8.96. The van der Waals surface area contributed by atoms with Crippen molar-refractivity contribution in [1.29, 1.82) is 0 Å². The number of nitrogens with two attached hydrogens (primary N) is 2. The maximum Gasteiger partial charge on any atom is 0.335 e. The summed E-state index contributed by atoms with van der Waals surface area (Å²) in [6.45, 7) is 9.91. The average molecular weight is 896 g/mol. The molecule has 0 unspecified atom stereocenters. The topological polar surface area (TPSA) is 248 Å². The number of amides is 3. The molecule has 336 valence electrons. The van der Waals surface area contributed by atoms with E-state index >= 15 is 0 Å². The Morgan fingerprint density at radius 1 is 0.672 bits per heavy atom. The molecule has 8 rings (SSSR count). The first-order valence-corrected chi connectivity index (χ1v) is 20.8. The van der Waals surface area contributed by atoms with E-state index in [1.807, 2.05) is 30.5 Å². The molecule has 0 saturated carbocycles. The Labute approximate surface area is 383 Å². The number of aliphatic hydroxyl groups is 1. The Morgan fingerprint density at radius 3 is 1.51 bits per heavy atom. The molecule has 8 aromatic rings. The molecule has 17 heteroatoms. The van der Waals surface area contributed by atoms with Gasteiger partial charge in [0.25, 0.3) is 17.7 Å². The lowest BCUT2D eigenvalue weighted by molar-refractivity contribution is -0.113. The second-order valence-corrected chi connectivity index (χ2v) is 16.6. The zero-order chi connectivity index (χ0) is 47.7. The van der Waals surface area contributed by atoms with Crippen LogP contribution in [0.15, 0.2) is 146 Å². The molecule has 0 aliphatic heterocycles. The molecule has 3 amide bonds. The van der Waals surface area contributed by atoms with E-state index < -0.39 is 23.4 Å². The Bertz CT molecular complexity index is 3280. The van der Waals surface area contributed by atoms with Crippen molar-refractivity contribution >= 4 is 57.7 Å². The number of hydrogen-bond acceptors (Lipinski definition) is 11. The van der Waals surface area contributed by atoms with Crippen LogP contribution in [-0.2, 0) is 9.59 Å². The number of aromatic carboxylic acids is 1. The fourth-order valence-electron chi connectivity index (χ4n) is 7.64. The Kier molecular flexibility index (Phi) is 11.9. The number of aromatic nitrogens is 6. The molecule has 0 saturated heterocycles. The Morgan fingerprint density at radius 2 is 1.09 bits per heavy atom. The van der Waals surface area contributed by atoms with E-state index in [4.69, 9.17) is 11.5 Å². The summed E-state index contributed by atoms with van der Waals surface area (Å²) in [5.41, 5.74) is 20.5. The highest BCUT2D eigenvalue weighted by atomic mass is 16.4. The number of hydrogen-bond donors (Lipinski definition) is 6. The minimum absolute atomic E-state index is 0.125. The lowest BCUT2D eigenvalue weighted by atomic mass is 9.96. The van der Waals surface area contributed by atoms with E-state index in [9.17, 15) is 29.4 Å². The number of benzene rings is 4. The summed E-state index contributed by atoms with van der Waals surface area (Å²) in [6, 6.07) is 27.7. The normalized spacial score (nSPS) is 11.7. The van der Waals surface area contributed by atoms with E-state index in [0.717, 1.165) is 33.4 Å². The molecule has 4 heterocycles. The number of carbonyl (C=O) groups excluding carboxylic acids is 3. The molecule has 4 aromatic carbocycles. The predicted molar refractivity (Wildman–Crippen MR) is 257 cm³/mol. The number of carbonyl (C=O) groups is 4. The van der Waals surface area contributed by atoms with E-state index in [1.54, 1.807) is 104 Å². The predicted octanol–water partition coefficient (Wildman–Crippen LogP) is 7.57. The highest BCUT2D eigenvalue weighted by molar-refractivity contribution is 6.06. The first-order valence-electron chi connectivity index (χ1n) is 20.8. The van der Waals surface area contributed by atoms with Crippen molar-refractivity contribution < 1.29 is 29.4 Å². The first-order chi connectivity index (χ1) is 31.9. The maximum absolute atomic E-state index is 14.2.